The van der Waals surface area contributed by atoms with Gasteiger partial charge in [-0.25, -0.2) is 0 Å². The lowest BCUT2D eigenvalue weighted by Crippen LogP contribution is -2.61. The van der Waals surface area contributed by atoms with Crippen LogP contribution in [0.1, 0.15) is 22.7 Å². The third kappa shape index (κ3) is 4.37. The summed E-state index contributed by atoms with van der Waals surface area (Å²) in [4.78, 5) is 14.5. The minimum atomic E-state index is -4.54. The molecule has 0 aliphatic carbocycles. The van der Waals surface area contributed by atoms with Gasteiger partial charge in [0.05, 0.1) is 19.8 Å². The Bertz CT molecular complexity index is 1230. The summed E-state index contributed by atoms with van der Waals surface area (Å²) in [6, 6.07) is 14.0. The van der Waals surface area contributed by atoms with Crippen LogP contribution in [0.4, 0.5) is 18.9 Å². The van der Waals surface area contributed by atoms with E-state index < -0.39 is 29.8 Å². The molecule has 1 heterocycles. The van der Waals surface area contributed by atoms with Crippen LogP contribution in [0.3, 0.4) is 0 Å². The molecule has 4 rings (SSSR count). The molecule has 1 fully saturated rings. The van der Waals surface area contributed by atoms with Crippen LogP contribution in [-0.4, -0.2) is 26.2 Å². The number of anilines is 1. The molecule has 9 heteroatoms. The highest BCUT2D eigenvalue weighted by Gasteiger charge is 2.51. The summed E-state index contributed by atoms with van der Waals surface area (Å²) in [6.45, 7) is 1.79. The summed E-state index contributed by atoms with van der Waals surface area (Å²) < 4.78 is 56.7. The molecule has 3 aromatic rings. The van der Waals surface area contributed by atoms with Crippen molar-refractivity contribution in [3.8, 4) is 17.2 Å². The second kappa shape index (κ2) is 9.10. The van der Waals surface area contributed by atoms with Crippen LogP contribution in [-0.2, 0) is 11.0 Å². The van der Waals surface area contributed by atoms with Gasteiger partial charge in [0.1, 0.15) is 11.8 Å². The van der Waals surface area contributed by atoms with Crippen molar-refractivity contribution >= 4 is 23.2 Å². The maximum absolute atomic E-state index is 13.3. The highest BCUT2D eigenvalue weighted by molar-refractivity contribution is 6.30. The number of amides is 1. The van der Waals surface area contributed by atoms with Crippen LogP contribution in [0.15, 0.2) is 60.7 Å². The van der Waals surface area contributed by atoms with Crippen LogP contribution in [0.25, 0.3) is 0 Å². The lowest BCUT2D eigenvalue weighted by Gasteiger charge is -2.47. The van der Waals surface area contributed by atoms with E-state index in [-0.39, 0.29) is 5.69 Å². The normalized spacial score (nSPS) is 17.9. The Morgan fingerprint density at radius 1 is 0.912 bits per heavy atom. The maximum Gasteiger partial charge on any atom is 0.416 e. The van der Waals surface area contributed by atoms with Crippen molar-refractivity contribution in [1.82, 2.24) is 0 Å². The van der Waals surface area contributed by atoms with Crippen molar-refractivity contribution in [2.45, 2.75) is 25.2 Å². The highest BCUT2D eigenvalue weighted by Crippen LogP contribution is 2.45. The van der Waals surface area contributed by atoms with E-state index in [0.717, 1.165) is 17.7 Å². The molecule has 178 valence electrons. The van der Waals surface area contributed by atoms with E-state index >= 15 is 0 Å². The number of hydrogen-bond donors (Lipinski definition) is 0. The molecule has 0 spiro atoms. The molecule has 5 nitrogen and oxygen atoms in total. The molecule has 0 N–H and O–H groups in total. The zero-order chi connectivity index (χ0) is 24.6. The van der Waals surface area contributed by atoms with E-state index in [0.29, 0.717) is 27.8 Å². The Labute approximate surface area is 199 Å². The zero-order valence-electron chi connectivity index (χ0n) is 18.5. The van der Waals surface area contributed by atoms with Crippen molar-refractivity contribution in [1.29, 1.82) is 0 Å². The Kier molecular flexibility index (Phi) is 6.36. The quantitative estimate of drug-likeness (QED) is 0.384. The SMILES string of the molecule is COc1ccc([C@@H]2[C@@H](Oc3ccc(Cl)cc3C)C(=O)N2c2cccc(C(F)(F)F)c2)cc1OC. The molecular weight excluding hydrogens is 471 g/mol. The van der Waals surface area contributed by atoms with E-state index in [1.54, 1.807) is 43.3 Å². The van der Waals surface area contributed by atoms with Gasteiger partial charge in [-0.3, -0.25) is 9.69 Å². The van der Waals surface area contributed by atoms with Gasteiger partial charge in [-0.05, 0) is 66.6 Å². The number of benzene rings is 3. The summed E-state index contributed by atoms with van der Waals surface area (Å²) in [6.07, 6.45) is -5.51. The van der Waals surface area contributed by atoms with Gasteiger partial charge in [0.2, 0.25) is 6.10 Å². The summed E-state index contributed by atoms with van der Waals surface area (Å²) in [5, 5.41) is 0.520. The molecule has 1 aliphatic rings. The topological polar surface area (TPSA) is 48.0 Å². The molecule has 1 saturated heterocycles. The largest absolute Gasteiger partial charge is 0.493 e. The first kappa shape index (κ1) is 23.8. The second-order valence-electron chi connectivity index (χ2n) is 7.76. The van der Waals surface area contributed by atoms with Crippen molar-refractivity contribution in [3.63, 3.8) is 0 Å². The molecule has 2 atom stereocenters. The minimum Gasteiger partial charge on any atom is -0.493 e. The van der Waals surface area contributed by atoms with E-state index in [9.17, 15) is 18.0 Å². The maximum atomic E-state index is 13.3. The van der Waals surface area contributed by atoms with E-state index in [1.807, 2.05) is 0 Å². The number of β-lactam (4-membered cyclic amide) rings is 1. The molecule has 0 unspecified atom stereocenters. The first-order valence-corrected chi connectivity index (χ1v) is 10.7. The number of ether oxygens (including phenoxy) is 3. The van der Waals surface area contributed by atoms with E-state index in [2.05, 4.69) is 0 Å². The minimum absolute atomic E-state index is 0.118. The first-order valence-electron chi connectivity index (χ1n) is 10.3. The van der Waals surface area contributed by atoms with Crippen molar-refractivity contribution in [2.75, 3.05) is 19.1 Å². The monoisotopic (exact) mass is 491 g/mol. The van der Waals surface area contributed by atoms with Gasteiger partial charge < -0.3 is 14.2 Å². The van der Waals surface area contributed by atoms with Gasteiger partial charge >= 0.3 is 6.18 Å². The van der Waals surface area contributed by atoms with Crippen LogP contribution in [0.5, 0.6) is 17.2 Å². The molecule has 0 bridgehead atoms. The fraction of sp³-hybridized carbons (Fsp3) is 0.240. The lowest BCUT2D eigenvalue weighted by molar-refractivity contribution is -0.138. The molecule has 1 amide bonds. The van der Waals surface area contributed by atoms with Crippen LogP contribution in [0.2, 0.25) is 5.02 Å². The number of carbonyl (C=O) groups excluding carboxylic acids is 1. The number of nitrogens with zero attached hydrogens (tertiary/aromatic N) is 1. The third-order valence-corrected chi connectivity index (χ3v) is 5.87. The van der Waals surface area contributed by atoms with E-state index in [4.69, 9.17) is 25.8 Å². The van der Waals surface area contributed by atoms with Gasteiger partial charge in [0, 0.05) is 10.7 Å². The van der Waals surface area contributed by atoms with Crippen molar-refractivity contribution in [3.05, 3.63) is 82.4 Å². The molecule has 0 aromatic heterocycles. The molecule has 0 saturated carbocycles. The summed E-state index contributed by atoms with van der Waals surface area (Å²) in [5.74, 6) is 0.892. The number of methoxy groups -OCH3 is 2. The van der Waals surface area contributed by atoms with Gasteiger partial charge in [-0.1, -0.05) is 23.7 Å². The fourth-order valence-electron chi connectivity index (χ4n) is 3.94. The smallest absolute Gasteiger partial charge is 0.416 e. The standard InChI is InChI=1S/C25H21ClF3NO4/c1-14-11-17(26)8-10-19(14)34-23-22(15-7-9-20(32-2)21(12-15)33-3)30(24(23)31)18-6-4-5-16(13-18)25(27,28)29/h4-13,22-23H,1-3H3/t22-,23-/m1/s1. The van der Waals surface area contributed by atoms with Gasteiger partial charge in [0.15, 0.2) is 11.5 Å². The van der Waals surface area contributed by atoms with Gasteiger partial charge in [-0.15, -0.1) is 0 Å². The Morgan fingerprint density at radius 3 is 2.26 bits per heavy atom. The number of alkyl halides is 3. The van der Waals surface area contributed by atoms with E-state index in [1.165, 1.54) is 31.3 Å². The van der Waals surface area contributed by atoms with Crippen LogP contribution in [0, 0.1) is 6.92 Å². The van der Waals surface area contributed by atoms with Gasteiger partial charge in [-0.2, -0.15) is 13.2 Å². The zero-order valence-corrected chi connectivity index (χ0v) is 19.3. The number of hydrogen-bond acceptors (Lipinski definition) is 4. The average Bonchev–Trinajstić information content (AvgIpc) is 2.80. The molecule has 3 aromatic carbocycles. The number of rotatable bonds is 6. The summed E-state index contributed by atoms with van der Waals surface area (Å²) in [7, 11) is 2.97. The molecule has 34 heavy (non-hydrogen) atoms. The number of aryl methyl sites for hydroxylation is 1. The number of halogens is 4. The van der Waals surface area contributed by atoms with Crippen LogP contribution >= 0.6 is 11.6 Å². The first-order chi connectivity index (χ1) is 16.1. The van der Waals surface area contributed by atoms with Crippen LogP contribution < -0.4 is 19.1 Å². The lowest BCUT2D eigenvalue weighted by atomic mass is 9.89. The Hall–Kier alpha value is -3.39. The summed E-state index contributed by atoms with van der Waals surface area (Å²) in [5.41, 5.74) is 0.615. The Morgan fingerprint density at radius 2 is 1.62 bits per heavy atom. The third-order valence-electron chi connectivity index (χ3n) is 5.64. The predicted molar refractivity (Wildman–Crippen MR) is 122 cm³/mol. The molecular formula is C25H21ClF3NO4. The summed E-state index contributed by atoms with van der Waals surface area (Å²) >= 11 is 6.02. The average molecular weight is 492 g/mol. The van der Waals surface area contributed by atoms with Gasteiger partial charge in [0.25, 0.3) is 5.91 Å². The second-order valence-corrected chi connectivity index (χ2v) is 8.20. The molecule has 0 radical (unpaired) electrons. The van der Waals surface area contributed by atoms with Crippen molar-refractivity contribution < 1.29 is 32.2 Å². The Balaban J connectivity index is 1.77. The highest BCUT2D eigenvalue weighted by atomic mass is 35.5. The predicted octanol–water partition coefficient (Wildman–Crippen LogP) is 6.22. The van der Waals surface area contributed by atoms with Crippen molar-refractivity contribution in [2.24, 2.45) is 0 Å². The number of carbonyl (C=O) groups is 1. The molecule has 1 aliphatic heterocycles. The fourth-order valence-corrected chi connectivity index (χ4v) is 4.17.